The van der Waals surface area contributed by atoms with Gasteiger partial charge < -0.3 is 10.1 Å². The summed E-state index contributed by atoms with van der Waals surface area (Å²) < 4.78 is 5.11. The minimum Gasteiger partial charge on any atom is -0.423 e. The van der Waals surface area contributed by atoms with Crippen LogP contribution in [0.3, 0.4) is 0 Å². The Labute approximate surface area is 87.0 Å². The lowest BCUT2D eigenvalue weighted by Gasteiger charge is -2.20. The summed E-state index contributed by atoms with van der Waals surface area (Å²) in [6.07, 6.45) is 0. The van der Waals surface area contributed by atoms with Crippen LogP contribution in [0.2, 0.25) is 5.02 Å². The van der Waals surface area contributed by atoms with E-state index >= 15 is 0 Å². The van der Waals surface area contributed by atoms with Crippen LogP contribution in [0.5, 0.6) is 5.75 Å². The van der Waals surface area contributed by atoms with Crippen molar-refractivity contribution >= 4 is 23.3 Å². The highest BCUT2D eigenvalue weighted by molar-refractivity contribution is 6.32. The quantitative estimate of drug-likeness (QED) is 0.529. The van der Waals surface area contributed by atoms with E-state index in [4.69, 9.17) is 16.3 Å². The molecular formula is C10H10ClNO2. The Kier molecular flexibility index (Phi) is 2.11. The number of anilines is 1. The first-order chi connectivity index (χ1) is 6.59. The number of carbonyl (C=O) groups excluding carboxylic acids is 1. The van der Waals surface area contributed by atoms with Crippen molar-refractivity contribution in [3.05, 3.63) is 22.2 Å². The Morgan fingerprint density at radius 2 is 2.21 bits per heavy atom. The number of rotatable bonds is 0. The molecule has 0 aliphatic carbocycles. The predicted octanol–water partition coefficient (Wildman–Crippen LogP) is 2.29. The Hall–Kier alpha value is -1.22. The van der Waals surface area contributed by atoms with Gasteiger partial charge in [-0.25, -0.2) is 4.79 Å². The summed E-state index contributed by atoms with van der Waals surface area (Å²) in [5, 5.41) is 3.64. The van der Waals surface area contributed by atoms with Gasteiger partial charge in [0.1, 0.15) is 6.54 Å². The van der Waals surface area contributed by atoms with Crippen molar-refractivity contribution in [2.24, 2.45) is 0 Å². The average Bonchev–Trinajstić information content (AvgIpc) is 2.16. The number of benzene rings is 1. The number of nitrogens with one attached hydrogen (secondary N) is 1. The topological polar surface area (TPSA) is 38.3 Å². The van der Waals surface area contributed by atoms with Crippen LogP contribution in [-0.4, -0.2) is 12.5 Å². The van der Waals surface area contributed by atoms with Gasteiger partial charge in [-0.15, -0.1) is 0 Å². The first-order valence-electron chi connectivity index (χ1n) is 4.34. The molecule has 1 heterocycles. The van der Waals surface area contributed by atoms with E-state index in [0.29, 0.717) is 10.8 Å². The Morgan fingerprint density at radius 1 is 1.50 bits per heavy atom. The first kappa shape index (κ1) is 9.34. The summed E-state index contributed by atoms with van der Waals surface area (Å²) in [5.74, 6) is 0.275. The summed E-state index contributed by atoms with van der Waals surface area (Å²) in [5.41, 5.74) is 2.62. The normalized spacial score (nSPS) is 14.4. The Morgan fingerprint density at radius 3 is 2.93 bits per heavy atom. The molecule has 0 aromatic heterocycles. The zero-order valence-electron chi connectivity index (χ0n) is 7.98. The standard InChI is InChI=1S/C10H10ClNO2/c1-5-3-7-10(6(2)9(5)11)14-8(13)4-12-7/h3,12H,4H2,1-2H3. The predicted molar refractivity (Wildman–Crippen MR) is 55.1 cm³/mol. The Balaban J connectivity index is 2.60. The lowest BCUT2D eigenvalue weighted by atomic mass is 10.1. The van der Waals surface area contributed by atoms with Crippen molar-refractivity contribution in [1.82, 2.24) is 0 Å². The largest absolute Gasteiger partial charge is 0.423 e. The van der Waals surface area contributed by atoms with Crippen molar-refractivity contribution < 1.29 is 9.53 Å². The van der Waals surface area contributed by atoms with Crippen molar-refractivity contribution in [2.45, 2.75) is 13.8 Å². The zero-order valence-corrected chi connectivity index (χ0v) is 8.73. The van der Waals surface area contributed by atoms with E-state index in [-0.39, 0.29) is 12.5 Å². The molecule has 14 heavy (non-hydrogen) atoms. The molecule has 0 fully saturated rings. The number of carbonyl (C=O) groups is 1. The first-order valence-corrected chi connectivity index (χ1v) is 4.71. The molecule has 0 atom stereocenters. The van der Waals surface area contributed by atoms with Gasteiger partial charge in [-0.05, 0) is 25.5 Å². The number of hydrogen-bond donors (Lipinski definition) is 1. The third-order valence-electron chi connectivity index (χ3n) is 2.26. The van der Waals surface area contributed by atoms with E-state index in [1.807, 2.05) is 19.9 Å². The van der Waals surface area contributed by atoms with Crippen molar-refractivity contribution in [3.63, 3.8) is 0 Å². The van der Waals surface area contributed by atoms with Gasteiger partial charge in [-0.2, -0.15) is 0 Å². The van der Waals surface area contributed by atoms with E-state index in [1.165, 1.54) is 0 Å². The second-order valence-electron chi connectivity index (χ2n) is 3.34. The molecule has 2 rings (SSSR count). The van der Waals surface area contributed by atoms with Crippen LogP contribution < -0.4 is 10.1 Å². The molecule has 1 aromatic carbocycles. The van der Waals surface area contributed by atoms with E-state index in [0.717, 1.165) is 16.8 Å². The molecule has 0 saturated carbocycles. The van der Waals surface area contributed by atoms with E-state index in [1.54, 1.807) is 0 Å². The second kappa shape index (κ2) is 3.17. The molecule has 0 bridgehead atoms. The molecule has 1 aromatic rings. The fourth-order valence-corrected chi connectivity index (χ4v) is 1.66. The third kappa shape index (κ3) is 1.34. The fraction of sp³-hybridized carbons (Fsp3) is 0.300. The zero-order chi connectivity index (χ0) is 10.3. The maximum atomic E-state index is 11.0. The minimum absolute atomic E-state index is 0.216. The van der Waals surface area contributed by atoms with Crippen molar-refractivity contribution in [2.75, 3.05) is 11.9 Å². The molecule has 1 N–H and O–H groups in total. The van der Waals surface area contributed by atoms with E-state index in [9.17, 15) is 4.79 Å². The molecule has 0 amide bonds. The van der Waals surface area contributed by atoms with Gasteiger partial charge in [0.2, 0.25) is 0 Å². The lowest BCUT2D eigenvalue weighted by Crippen LogP contribution is -2.25. The maximum absolute atomic E-state index is 11.0. The molecule has 3 nitrogen and oxygen atoms in total. The van der Waals surface area contributed by atoms with Crippen LogP contribution in [0.15, 0.2) is 6.07 Å². The van der Waals surface area contributed by atoms with Gasteiger partial charge in [0, 0.05) is 5.56 Å². The van der Waals surface area contributed by atoms with Crippen LogP contribution in [0, 0.1) is 13.8 Å². The maximum Gasteiger partial charge on any atom is 0.330 e. The number of ether oxygens (including phenoxy) is 1. The number of esters is 1. The van der Waals surface area contributed by atoms with Crippen LogP contribution >= 0.6 is 11.6 Å². The van der Waals surface area contributed by atoms with Gasteiger partial charge >= 0.3 is 5.97 Å². The summed E-state index contributed by atoms with van der Waals surface area (Å²) in [7, 11) is 0. The van der Waals surface area contributed by atoms with Crippen LogP contribution in [0.4, 0.5) is 5.69 Å². The minimum atomic E-state index is -0.277. The SMILES string of the molecule is Cc1cc2c(c(C)c1Cl)OC(=O)CN2. The monoisotopic (exact) mass is 211 g/mol. The van der Waals surface area contributed by atoms with E-state index in [2.05, 4.69) is 5.32 Å². The summed E-state index contributed by atoms with van der Waals surface area (Å²) in [6, 6.07) is 1.89. The van der Waals surface area contributed by atoms with Crippen molar-refractivity contribution in [3.8, 4) is 5.75 Å². The van der Waals surface area contributed by atoms with Gasteiger partial charge in [0.15, 0.2) is 5.75 Å². The number of aryl methyl sites for hydroxylation is 1. The summed E-state index contributed by atoms with van der Waals surface area (Å²) in [6.45, 7) is 3.98. The highest BCUT2D eigenvalue weighted by atomic mass is 35.5. The van der Waals surface area contributed by atoms with Crippen LogP contribution in [-0.2, 0) is 4.79 Å². The van der Waals surface area contributed by atoms with Gasteiger partial charge in [0.05, 0.1) is 10.7 Å². The second-order valence-corrected chi connectivity index (χ2v) is 3.71. The molecule has 0 saturated heterocycles. The summed E-state index contributed by atoms with van der Waals surface area (Å²) in [4.78, 5) is 11.0. The summed E-state index contributed by atoms with van der Waals surface area (Å²) >= 11 is 6.04. The molecule has 0 radical (unpaired) electrons. The Bertz CT molecular complexity index is 415. The molecule has 4 heteroatoms. The fourth-order valence-electron chi connectivity index (χ4n) is 1.52. The highest BCUT2D eigenvalue weighted by Gasteiger charge is 2.20. The lowest BCUT2D eigenvalue weighted by molar-refractivity contribution is -0.132. The number of hydrogen-bond acceptors (Lipinski definition) is 3. The van der Waals surface area contributed by atoms with Gasteiger partial charge in [-0.1, -0.05) is 11.6 Å². The van der Waals surface area contributed by atoms with Gasteiger partial charge in [-0.3, -0.25) is 0 Å². The van der Waals surface area contributed by atoms with Crippen LogP contribution in [0.25, 0.3) is 0 Å². The molecule has 0 unspecified atom stereocenters. The number of fused-ring (bicyclic) bond motifs is 1. The van der Waals surface area contributed by atoms with Crippen molar-refractivity contribution in [1.29, 1.82) is 0 Å². The van der Waals surface area contributed by atoms with E-state index < -0.39 is 0 Å². The molecule has 1 aliphatic heterocycles. The third-order valence-corrected chi connectivity index (χ3v) is 2.84. The molecular weight excluding hydrogens is 202 g/mol. The van der Waals surface area contributed by atoms with Crippen LogP contribution in [0.1, 0.15) is 11.1 Å². The molecule has 1 aliphatic rings. The number of halogens is 1. The molecule has 0 spiro atoms. The average molecular weight is 212 g/mol. The van der Waals surface area contributed by atoms with Gasteiger partial charge in [0.25, 0.3) is 0 Å². The molecule has 74 valence electrons. The highest BCUT2D eigenvalue weighted by Crippen LogP contribution is 2.37. The smallest absolute Gasteiger partial charge is 0.330 e.